The molecule has 3 heterocycles. The van der Waals surface area contributed by atoms with Crippen LogP contribution in [0.1, 0.15) is 32.4 Å². The number of anilines is 1. The fourth-order valence-electron chi connectivity index (χ4n) is 4.00. The monoisotopic (exact) mass is 352 g/mol. The normalized spacial score (nSPS) is 24.8. The van der Waals surface area contributed by atoms with Crippen LogP contribution in [0.2, 0.25) is 12.1 Å². The van der Waals surface area contributed by atoms with E-state index in [0.717, 1.165) is 32.4 Å². The maximum atomic E-state index is 9.34. The fourth-order valence-corrected chi connectivity index (χ4v) is 4.00. The van der Waals surface area contributed by atoms with Gasteiger partial charge in [-0.05, 0) is 45.5 Å². The number of ether oxygens (including phenoxy) is 1. The molecule has 0 N–H and O–H groups in total. The number of nitriles is 2. The third-order valence-electron chi connectivity index (χ3n) is 5.61. The molecule has 0 spiro atoms. The quantitative estimate of drug-likeness (QED) is 0.766. The van der Waals surface area contributed by atoms with Crippen LogP contribution in [-0.4, -0.2) is 60.4 Å². The van der Waals surface area contributed by atoms with Gasteiger partial charge in [-0.15, -0.1) is 0 Å². The Balaban J connectivity index is 1.77. The van der Waals surface area contributed by atoms with Gasteiger partial charge in [0.15, 0.2) is 0 Å². The number of hydrogen-bond acceptors (Lipinski definition) is 7. The lowest BCUT2D eigenvalue weighted by molar-refractivity contribution is 0.112. The number of hydrogen-bond donors (Lipinski definition) is 0. The van der Waals surface area contributed by atoms with Crippen LogP contribution in [0.3, 0.4) is 0 Å². The summed E-state index contributed by atoms with van der Waals surface area (Å²) in [6, 6.07) is 4.43. The molecule has 0 amide bonds. The van der Waals surface area contributed by atoms with Crippen LogP contribution in [-0.2, 0) is 0 Å². The number of nitrogens with zero attached hydrogens (tertiary/aromatic N) is 6. The van der Waals surface area contributed by atoms with Crippen LogP contribution in [0, 0.1) is 22.6 Å². The number of likely N-dealkylation sites (tertiary alicyclic amines) is 1. The fraction of sp³-hybridized carbons (Fsp3) is 0.667. The minimum Gasteiger partial charge on any atom is -0.459 e. The average molecular weight is 352 g/mol. The van der Waals surface area contributed by atoms with Gasteiger partial charge in [0, 0.05) is 31.2 Å². The van der Waals surface area contributed by atoms with Gasteiger partial charge in [0.05, 0.1) is 0 Å². The Morgan fingerprint density at radius 2 is 2.15 bits per heavy atom. The number of rotatable bonds is 4. The molecule has 0 radical (unpaired) electrons. The van der Waals surface area contributed by atoms with E-state index in [-0.39, 0.29) is 24.6 Å². The first kappa shape index (κ1) is 18.5. The molecule has 2 fully saturated rings. The molecule has 2 aliphatic heterocycles. The third kappa shape index (κ3) is 3.91. The maximum absolute atomic E-state index is 9.34. The molecule has 8 heteroatoms. The Hall–Kier alpha value is -2.32. The van der Waals surface area contributed by atoms with Gasteiger partial charge in [0.2, 0.25) is 0 Å². The van der Waals surface area contributed by atoms with Crippen molar-refractivity contribution in [2.24, 2.45) is 0 Å². The van der Waals surface area contributed by atoms with Crippen molar-refractivity contribution in [1.29, 1.82) is 10.5 Å². The molecule has 0 aliphatic carbocycles. The Labute approximate surface area is 155 Å². The molecule has 7 nitrogen and oxygen atoms in total. The second-order valence-corrected chi connectivity index (χ2v) is 7.47. The molecule has 0 bridgehead atoms. The summed E-state index contributed by atoms with van der Waals surface area (Å²) in [5, 5.41) is 18.5. The van der Waals surface area contributed by atoms with Crippen molar-refractivity contribution in [3.8, 4) is 18.0 Å². The van der Waals surface area contributed by atoms with E-state index in [4.69, 9.17) is 4.74 Å². The van der Waals surface area contributed by atoms with Gasteiger partial charge >= 0.3 is 6.01 Å². The highest BCUT2D eigenvalue weighted by Gasteiger charge is 2.31. The lowest BCUT2D eigenvalue weighted by Crippen LogP contribution is -2.41. The summed E-state index contributed by atoms with van der Waals surface area (Å²) >= 11 is 0. The molecule has 1 aromatic heterocycles. The van der Waals surface area contributed by atoms with Crippen LogP contribution < -0.4 is 9.64 Å². The molecule has 2 saturated heterocycles. The second kappa shape index (κ2) is 7.93. The van der Waals surface area contributed by atoms with Gasteiger partial charge in [-0.25, -0.2) is 5.26 Å². The van der Waals surface area contributed by atoms with Crippen molar-refractivity contribution < 1.29 is 4.74 Å². The largest absolute Gasteiger partial charge is 0.459 e. The van der Waals surface area contributed by atoms with E-state index in [1.54, 1.807) is 6.07 Å². The molecular formula is C18H25BN6O. The molecule has 3 atom stereocenters. The van der Waals surface area contributed by atoms with Crippen molar-refractivity contribution in [3.05, 3.63) is 11.8 Å². The average Bonchev–Trinajstić information content (AvgIpc) is 3.07. The van der Waals surface area contributed by atoms with E-state index in [1.165, 1.54) is 6.42 Å². The number of likely N-dealkylation sites (N-methyl/N-ethyl adjacent to an activating group) is 1. The predicted octanol–water partition coefficient (Wildman–Crippen LogP) is 1.98. The Morgan fingerprint density at radius 1 is 1.35 bits per heavy atom. The topological polar surface area (TPSA) is 89.1 Å². The van der Waals surface area contributed by atoms with Crippen molar-refractivity contribution in [3.63, 3.8) is 0 Å². The first-order valence-corrected chi connectivity index (χ1v) is 9.32. The van der Waals surface area contributed by atoms with Crippen molar-refractivity contribution in [1.82, 2.24) is 14.9 Å². The maximum Gasteiger partial charge on any atom is 0.319 e. The molecular weight excluding hydrogens is 327 g/mol. The van der Waals surface area contributed by atoms with Crippen molar-refractivity contribution in [2.75, 3.05) is 31.6 Å². The van der Waals surface area contributed by atoms with Crippen LogP contribution in [0.4, 0.5) is 5.82 Å². The van der Waals surface area contributed by atoms with E-state index in [1.807, 2.05) is 6.92 Å². The first-order valence-electron chi connectivity index (χ1n) is 9.32. The van der Waals surface area contributed by atoms with Gasteiger partial charge in [0.1, 0.15) is 23.7 Å². The summed E-state index contributed by atoms with van der Waals surface area (Å²) < 4.78 is 6.02. The molecule has 1 unspecified atom stereocenters. The van der Waals surface area contributed by atoms with Gasteiger partial charge in [-0.3, -0.25) is 4.90 Å². The highest BCUT2D eigenvalue weighted by molar-refractivity contribution is 6.68. The SMILES string of the molecule is C[C@H](Oc1nc(C#N)cc(N2CCB(C#N)[C@@H](C)C2)n1)C1CCCN1C. The molecule has 26 heavy (non-hydrogen) atoms. The standard InChI is InChI=1S/C18H25BN6O/c1-13-11-25(8-6-19(13)12-21)17-9-15(10-20)22-18(23-17)26-14(2)16-5-4-7-24(16)3/h9,13-14,16H,4-8,11H2,1-3H3/t13-,14-,16?/m0/s1. The lowest BCUT2D eigenvalue weighted by Gasteiger charge is -2.33. The van der Waals surface area contributed by atoms with Gasteiger partial charge in [-0.2, -0.15) is 15.2 Å². The Morgan fingerprint density at radius 3 is 2.77 bits per heavy atom. The summed E-state index contributed by atoms with van der Waals surface area (Å²) in [5.41, 5.74) is 0.312. The molecule has 3 rings (SSSR count). The zero-order chi connectivity index (χ0) is 18.7. The minimum atomic E-state index is -0.0347. The summed E-state index contributed by atoms with van der Waals surface area (Å²) in [7, 11) is 2.11. The molecule has 1 aromatic rings. The highest BCUT2D eigenvalue weighted by atomic mass is 16.5. The predicted molar refractivity (Wildman–Crippen MR) is 100 cm³/mol. The zero-order valence-electron chi connectivity index (χ0n) is 15.7. The molecule has 2 aliphatic rings. The van der Waals surface area contributed by atoms with E-state index >= 15 is 0 Å². The number of aromatic nitrogens is 2. The van der Waals surface area contributed by atoms with Crippen molar-refractivity contribution >= 4 is 12.5 Å². The summed E-state index contributed by atoms with van der Waals surface area (Å²) in [6.45, 7) is 6.79. The summed E-state index contributed by atoms with van der Waals surface area (Å²) in [6.07, 6.45) is 3.04. The van der Waals surface area contributed by atoms with Gasteiger partial charge in [0.25, 0.3) is 6.71 Å². The Kier molecular flexibility index (Phi) is 5.63. The Bertz CT molecular complexity index is 729. The third-order valence-corrected chi connectivity index (χ3v) is 5.61. The van der Waals surface area contributed by atoms with E-state index in [9.17, 15) is 10.5 Å². The van der Waals surface area contributed by atoms with E-state index in [2.05, 4.69) is 45.8 Å². The smallest absolute Gasteiger partial charge is 0.319 e. The summed E-state index contributed by atoms with van der Waals surface area (Å²) in [5.74, 6) is 3.36. The molecule has 136 valence electrons. The highest BCUT2D eigenvalue weighted by Crippen LogP contribution is 2.27. The summed E-state index contributed by atoms with van der Waals surface area (Å²) in [4.78, 5) is 13.2. The van der Waals surface area contributed by atoms with Crippen LogP contribution >= 0.6 is 0 Å². The minimum absolute atomic E-state index is 0.0347. The van der Waals surface area contributed by atoms with Gasteiger partial charge < -0.3 is 9.64 Å². The van der Waals surface area contributed by atoms with E-state index < -0.39 is 0 Å². The van der Waals surface area contributed by atoms with Crippen LogP contribution in [0.5, 0.6) is 6.01 Å². The zero-order valence-corrected chi connectivity index (χ0v) is 15.7. The van der Waals surface area contributed by atoms with Crippen LogP contribution in [0.15, 0.2) is 6.07 Å². The first-order chi connectivity index (χ1) is 12.5. The van der Waals surface area contributed by atoms with E-state index in [0.29, 0.717) is 17.6 Å². The van der Waals surface area contributed by atoms with Crippen LogP contribution in [0.25, 0.3) is 0 Å². The second-order valence-electron chi connectivity index (χ2n) is 7.47. The van der Waals surface area contributed by atoms with Gasteiger partial charge in [-0.1, -0.05) is 6.92 Å². The molecule has 0 saturated carbocycles. The van der Waals surface area contributed by atoms with Crippen molar-refractivity contribution in [2.45, 2.75) is 51.0 Å². The lowest BCUT2D eigenvalue weighted by atomic mass is 9.39. The molecule has 0 aromatic carbocycles.